The number of benzene rings is 2. The number of fused-ring (bicyclic) bond motifs is 1. The molecule has 0 atom stereocenters. The Morgan fingerprint density at radius 3 is 2.76 bits per heavy atom. The Labute approximate surface area is 189 Å². The largest absolute Gasteiger partial charge is 0.493 e. The number of nitrogens with zero attached hydrogens (tertiary/aromatic N) is 3. The van der Waals surface area contributed by atoms with Crippen LogP contribution in [0.2, 0.25) is 0 Å². The molecule has 1 amide bonds. The topological polar surface area (TPSA) is 108 Å². The molecule has 0 radical (unpaired) electrons. The van der Waals surface area contributed by atoms with Gasteiger partial charge in [0.05, 0.1) is 23.3 Å². The zero-order chi connectivity index (χ0) is 23.2. The van der Waals surface area contributed by atoms with E-state index < -0.39 is 10.8 Å². The van der Waals surface area contributed by atoms with Gasteiger partial charge in [0.25, 0.3) is 5.69 Å². The number of carbonyl (C=O) groups is 1. The molecule has 0 saturated carbocycles. The molecule has 0 fully saturated rings. The molecule has 2 aromatic heterocycles. The number of rotatable bonds is 8. The zero-order valence-electron chi connectivity index (χ0n) is 17.7. The lowest BCUT2D eigenvalue weighted by Crippen LogP contribution is -2.08. The summed E-state index contributed by atoms with van der Waals surface area (Å²) in [5, 5.41) is 13.8. The molecule has 1 N–H and O–H groups in total. The smallest absolute Gasteiger partial charge is 0.276 e. The van der Waals surface area contributed by atoms with Gasteiger partial charge in [-0.3, -0.25) is 14.9 Å². The lowest BCUT2D eigenvalue weighted by atomic mass is 10.1. The number of imidazole rings is 1. The number of nitro groups is 1. The van der Waals surface area contributed by atoms with Crippen molar-refractivity contribution in [1.29, 1.82) is 0 Å². The van der Waals surface area contributed by atoms with Gasteiger partial charge in [0.1, 0.15) is 12.3 Å². The summed E-state index contributed by atoms with van der Waals surface area (Å²) >= 11 is 0. The fraction of sp³-hybridized carbons (Fsp3) is 0.0833. The Hall–Kier alpha value is -4.66. The van der Waals surface area contributed by atoms with Crippen LogP contribution in [0.3, 0.4) is 0 Å². The van der Waals surface area contributed by atoms with Gasteiger partial charge >= 0.3 is 0 Å². The van der Waals surface area contributed by atoms with E-state index in [-0.39, 0.29) is 12.3 Å². The summed E-state index contributed by atoms with van der Waals surface area (Å²) in [5.74, 6) is 0.506. The van der Waals surface area contributed by atoms with Crippen LogP contribution in [0.15, 0.2) is 79.1 Å². The molecule has 0 unspecified atom stereocenters. The quantitative estimate of drug-likeness (QED) is 0.244. The molecule has 0 spiro atoms. The Bertz CT molecular complexity index is 1310. The molecule has 9 heteroatoms. The highest BCUT2D eigenvalue weighted by Gasteiger charge is 2.11. The number of carbonyl (C=O) groups excluding carboxylic acids is 1. The number of nitro benzene ring substituents is 1. The molecule has 0 bridgehead atoms. The van der Waals surface area contributed by atoms with Gasteiger partial charge in [-0.2, -0.15) is 0 Å². The van der Waals surface area contributed by atoms with E-state index in [1.165, 1.54) is 25.3 Å². The zero-order valence-corrected chi connectivity index (χ0v) is 17.7. The van der Waals surface area contributed by atoms with E-state index in [1.807, 2.05) is 35.0 Å². The molecule has 0 aliphatic rings. The molecule has 9 nitrogen and oxygen atoms in total. The second-order valence-corrected chi connectivity index (χ2v) is 6.99. The van der Waals surface area contributed by atoms with E-state index in [9.17, 15) is 14.9 Å². The summed E-state index contributed by atoms with van der Waals surface area (Å²) in [7, 11) is 1.53. The fourth-order valence-corrected chi connectivity index (χ4v) is 3.22. The third kappa shape index (κ3) is 5.16. The maximum atomic E-state index is 12.4. The predicted molar refractivity (Wildman–Crippen MR) is 123 cm³/mol. The molecule has 33 heavy (non-hydrogen) atoms. The number of nitrogens with one attached hydrogen (secondary N) is 1. The minimum absolute atomic E-state index is 0.0753. The summed E-state index contributed by atoms with van der Waals surface area (Å²) in [6.07, 6.45) is 6.42. The normalized spacial score (nSPS) is 10.9. The van der Waals surface area contributed by atoms with E-state index in [4.69, 9.17) is 9.47 Å². The predicted octanol–water partition coefficient (Wildman–Crippen LogP) is 4.48. The van der Waals surface area contributed by atoms with Crippen molar-refractivity contribution in [2.75, 3.05) is 12.4 Å². The van der Waals surface area contributed by atoms with Crippen molar-refractivity contribution in [3.05, 3.63) is 101 Å². The van der Waals surface area contributed by atoms with Crippen LogP contribution in [0.25, 0.3) is 11.7 Å². The van der Waals surface area contributed by atoms with Gasteiger partial charge in [0.2, 0.25) is 5.91 Å². The molecular weight excluding hydrogens is 424 g/mol. The number of hydrogen-bond donors (Lipinski definition) is 1. The van der Waals surface area contributed by atoms with Crippen molar-refractivity contribution in [2.45, 2.75) is 6.61 Å². The Kier molecular flexibility index (Phi) is 6.31. The molecule has 0 aliphatic heterocycles. The lowest BCUT2D eigenvalue weighted by Gasteiger charge is -2.12. The fourth-order valence-electron chi connectivity index (χ4n) is 3.22. The summed E-state index contributed by atoms with van der Waals surface area (Å²) in [6, 6.07) is 16.9. The highest BCUT2D eigenvalue weighted by molar-refractivity contribution is 6.02. The van der Waals surface area contributed by atoms with Crippen LogP contribution < -0.4 is 14.8 Å². The van der Waals surface area contributed by atoms with Crippen molar-refractivity contribution in [3.63, 3.8) is 0 Å². The number of methoxy groups -OCH3 is 1. The molecule has 0 saturated heterocycles. The number of para-hydroxylation sites is 1. The van der Waals surface area contributed by atoms with Crippen LogP contribution in [0.5, 0.6) is 11.5 Å². The average molecular weight is 444 g/mol. The monoisotopic (exact) mass is 444 g/mol. The highest BCUT2D eigenvalue weighted by atomic mass is 16.6. The average Bonchev–Trinajstić information content (AvgIpc) is 3.25. The number of ether oxygens (including phenoxy) is 2. The number of amides is 1. The van der Waals surface area contributed by atoms with Crippen molar-refractivity contribution >= 4 is 29.0 Å². The summed E-state index contributed by atoms with van der Waals surface area (Å²) < 4.78 is 13.1. The Morgan fingerprint density at radius 1 is 1.15 bits per heavy atom. The number of anilines is 1. The molecular formula is C24H20N4O5. The maximum absolute atomic E-state index is 12.4. The third-order valence-electron chi connectivity index (χ3n) is 4.77. The first-order valence-corrected chi connectivity index (χ1v) is 9.99. The minimum atomic E-state index is -0.492. The van der Waals surface area contributed by atoms with Crippen molar-refractivity contribution in [2.24, 2.45) is 0 Å². The maximum Gasteiger partial charge on any atom is 0.276 e. The molecule has 166 valence electrons. The van der Waals surface area contributed by atoms with Crippen LogP contribution >= 0.6 is 0 Å². The second kappa shape index (κ2) is 9.65. The SMILES string of the molecule is COc1ccc(NC(=O)/C=C\c2ccccc2[N+](=O)[O-])cc1OCc1cn2ccccc2n1. The van der Waals surface area contributed by atoms with Gasteiger partial charge in [0.15, 0.2) is 11.5 Å². The van der Waals surface area contributed by atoms with Gasteiger partial charge in [-0.15, -0.1) is 0 Å². The first kappa shape index (κ1) is 21.6. The number of hydrogen-bond acceptors (Lipinski definition) is 6. The molecule has 2 aromatic carbocycles. The first-order valence-electron chi connectivity index (χ1n) is 9.99. The van der Waals surface area contributed by atoms with E-state index >= 15 is 0 Å². The molecule has 4 rings (SSSR count). The summed E-state index contributed by atoms with van der Waals surface area (Å²) in [4.78, 5) is 27.5. The highest BCUT2D eigenvalue weighted by Crippen LogP contribution is 2.31. The van der Waals surface area contributed by atoms with Crippen LogP contribution in [-0.4, -0.2) is 27.3 Å². The molecule has 0 aliphatic carbocycles. The van der Waals surface area contributed by atoms with Gasteiger partial charge in [0, 0.05) is 36.3 Å². The van der Waals surface area contributed by atoms with Crippen molar-refractivity contribution < 1.29 is 19.2 Å². The van der Waals surface area contributed by atoms with Gasteiger partial charge in [-0.05, 0) is 36.4 Å². The lowest BCUT2D eigenvalue weighted by molar-refractivity contribution is -0.385. The van der Waals surface area contributed by atoms with Crippen LogP contribution in [0, 0.1) is 10.1 Å². The summed E-state index contributed by atoms with van der Waals surface area (Å²) in [5.41, 5.74) is 2.30. The standard InChI is InChI=1S/C24H20N4O5/c1-32-21-11-10-18(26-24(29)12-9-17-6-2-3-7-20(17)28(30)31)14-22(21)33-16-19-15-27-13-5-4-8-23(27)25-19/h2-15H,16H2,1H3,(H,26,29)/b12-9-. The van der Waals surface area contributed by atoms with Gasteiger partial charge < -0.3 is 19.2 Å². The van der Waals surface area contributed by atoms with Gasteiger partial charge in [-0.25, -0.2) is 4.98 Å². The third-order valence-corrected chi connectivity index (χ3v) is 4.77. The summed E-state index contributed by atoms with van der Waals surface area (Å²) in [6.45, 7) is 0.215. The first-order chi connectivity index (χ1) is 16.0. The van der Waals surface area contributed by atoms with Crippen molar-refractivity contribution in [3.8, 4) is 11.5 Å². The van der Waals surface area contributed by atoms with Crippen LogP contribution in [0.1, 0.15) is 11.3 Å². The second-order valence-electron chi connectivity index (χ2n) is 6.99. The minimum Gasteiger partial charge on any atom is -0.493 e. The van der Waals surface area contributed by atoms with E-state index in [1.54, 1.807) is 36.4 Å². The number of aromatic nitrogens is 2. The van der Waals surface area contributed by atoms with E-state index in [0.29, 0.717) is 22.7 Å². The van der Waals surface area contributed by atoms with Gasteiger partial charge in [-0.1, -0.05) is 18.2 Å². The van der Waals surface area contributed by atoms with Crippen LogP contribution in [-0.2, 0) is 11.4 Å². The van der Waals surface area contributed by atoms with E-state index in [0.717, 1.165) is 11.3 Å². The van der Waals surface area contributed by atoms with Crippen molar-refractivity contribution in [1.82, 2.24) is 9.38 Å². The Balaban J connectivity index is 1.45. The Morgan fingerprint density at radius 2 is 1.97 bits per heavy atom. The molecule has 4 aromatic rings. The molecule has 2 heterocycles. The number of pyridine rings is 1. The van der Waals surface area contributed by atoms with E-state index in [2.05, 4.69) is 10.3 Å². The van der Waals surface area contributed by atoms with Crippen LogP contribution in [0.4, 0.5) is 11.4 Å².